The molecule has 2 heteroatoms. The minimum Gasteiger partial charge on any atom is -0.345 e. The molecule has 0 aromatic carbocycles. The van der Waals surface area contributed by atoms with Crippen LogP contribution in [0.2, 0.25) is 0 Å². The van der Waals surface area contributed by atoms with Crippen LogP contribution in [0.25, 0.3) is 0 Å². The fraction of sp³-hybridized carbons (Fsp3) is 0.444. The summed E-state index contributed by atoms with van der Waals surface area (Å²) in [4.78, 5) is 12.9. The minimum atomic E-state index is 0.0139. The molecule has 0 bridgehead atoms. The molecule has 0 saturated carbocycles. The van der Waals surface area contributed by atoms with Crippen LogP contribution >= 0.6 is 0 Å². The molecule has 0 aliphatic heterocycles. The fourth-order valence-corrected chi connectivity index (χ4v) is 0.746. The summed E-state index contributed by atoms with van der Waals surface area (Å²) in [6.45, 7) is 7.38. The molecule has 0 spiro atoms. The van der Waals surface area contributed by atoms with Crippen LogP contribution in [-0.2, 0) is 4.79 Å². The molecule has 0 rings (SSSR count). The molecule has 0 aliphatic rings. The summed E-state index contributed by atoms with van der Waals surface area (Å²) in [7, 11) is 3.46. The van der Waals surface area contributed by atoms with E-state index >= 15 is 0 Å². The smallest absolute Gasteiger partial charge is 0.253 e. The lowest BCUT2D eigenvalue weighted by Gasteiger charge is -2.11. The van der Waals surface area contributed by atoms with E-state index in [1.165, 1.54) is 0 Å². The summed E-state index contributed by atoms with van der Waals surface area (Å²) >= 11 is 0. The third-order valence-electron chi connectivity index (χ3n) is 1.38. The molecule has 0 atom stereocenters. The van der Waals surface area contributed by atoms with E-state index in [2.05, 4.69) is 6.58 Å². The second-order valence-electron chi connectivity index (χ2n) is 2.82. The second-order valence-corrected chi connectivity index (χ2v) is 2.82. The Kier molecular flexibility index (Phi) is 3.58. The predicted octanol–water partition coefficient (Wildman–Crippen LogP) is 1.60. The number of amides is 1. The van der Waals surface area contributed by atoms with Crippen LogP contribution < -0.4 is 0 Å². The number of carbonyl (C=O) groups is 1. The lowest BCUT2D eigenvalue weighted by Crippen LogP contribution is -2.23. The van der Waals surface area contributed by atoms with Crippen LogP contribution in [0.4, 0.5) is 0 Å². The van der Waals surface area contributed by atoms with Crippen LogP contribution in [0.3, 0.4) is 0 Å². The zero-order valence-electron chi connectivity index (χ0n) is 7.64. The van der Waals surface area contributed by atoms with Crippen molar-refractivity contribution in [1.29, 1.82) is 0 Å². The SMILES string of the molecule is C=CC(C(=O)N(C)C)=C(C)C. The molecule has 0 aromatic heterocycles. The number of nitrogens with zero attached hydrogens (tertiary/aromatic N) is 1. The van der Waals surface area contributed by atoms with Crippen LogP contribution in [-0.4, -0.2) is 24.9 Å². The van der Waals surface area contributed by atoms with Crippen molar-refractivity contribution in [2.45, 2.75) is 13.8 Å². The monoisotopic (exact) mass is 153 g/mol. The van der Waals surface area contributed by atoms with E-state index in [-0.39, 0.29) is 5.91 Å². The first-order chi connectivity index (χ1) is 5.00. The Morgan fingerprint density at radius 1 is 1.36 bits per heavy atom. The number of carbonyl (C=O) groups excluding carboxylic acids is 1. The number of hydrogen-bond acceptors (Lipinski definition) is 1. The largest absolute Gasteiger partial charge is 0.345 e. The molecule has 62 valence electrons. The van der Waals surface area contributed by atoms with Gasteiger partial charge in [0, 0.05) is 19.7 Å². The van der Waals surface area contributed by atoms with Gasteiger partial charge in [-0.3, -0.25) is 4.79 Å². The van der Waals surface area contributed by atoms with E-state index < -0.39 is 0 Å². The van der Waals surface area contributed by atoms with E-state index in [1.54, 1.807) is 25.1 Å². The maximum atomic E-state index is 11.3. The van der Waals surface area contributed by atoms with Gasteiger partial charge in [0.25, 0.3) is 5.91 Å². The van der Waals surface area contributed by atoms with Gasteiger partial charge in [-0.1, -0.05) is 18.2 Å². The van der Waals surface area contributed by atoms with E-state index in [9.17, 15) is 4.79 Å². The maximum absolute atomic E-state index is 11.3. The Morgan fingerprint density at radius 3 is 1.91 bits per heavy atom. The molecule has 0 unspecified atom stereocenters. The Morgan fingerprint density at radius 2 is 1.82 bits per heavy atom. The van der Waals surface area contributed by atoms with Crippen molar-refractivity contribution in [2.24, 2.45) is 0 Å². The summed E-state index contributed by atoms with van der Waals surface area (Å²) in [6, 6.07) is 0. The van der Waals surface area contributed by atoms with Gasteiger partial charge in [0.1, 0.15) is 0 Å². The highest BCUT2D eigenvalue weighted by atomic mass is 16.2. The first kappa shape index (κ1) is 9.95. The molecule has 2 nitrogen and oxygen atoms in total. The second kappa shape index (κ2) is 3.96. The molecule has 1 amide bonds. The van der Waals surface area contributed by atoms with Gasteiger partial charge >= 0.3 is 0 Å². The molecule has 0 saturated heterocycles. The summed E-state index contributed by atoms with van der Waals surface area (Å²) in [5.74, 6) is 0.0139. The highest BCUT2D eigenvalue weighted by Gasteiger charge is 2.08. The topological polar surface area (TPSA) is 20.3 Å². The van der Waals surface area contributed by atoms with Gasteiger partial charge in [0.15, 0.2) is 0 Å². The molecule has 0 aliphatic carbocycles. The summed E-state index contributed by atoms with van der Waals surface area (Å²) < 4.78 is 0. The molecule has 0 fully saturated rings. The third kappa shape index (κ3) is 2.58. The molecule has 0 N–H and O–H groups in total. The van der Waals surface area contributed by atoms with Gasteiger partial charge in [-0.25, -0.2) is 0 Å². The highest BCUT2D eigenvalue weighted by Crippen LogP contribution is 2.06. The predicted molar refractivity (Wildman–Crippen MR) is 47.3 cm³/mol. The van der Waals surface area contributed by atoms with E-state index in [1.807, 2.05) is 13.8 Å². The average molecular weight is 153 g/mol. The van der Waals surface area contributed by atoms with Crippen molar-refractivity contribution < 1.29 is 4.79 Å². The lowest BCUT2D eigenvalue weighted by atomic mass is 10.1. The van der Waals surface area contributed by atoms with Crippen molar-refractivity contribution >= 4 is 5.91 Å². The van der Waals surface area contributed by atoms with Gasteiger partial charge in [-0.05, 0) is 13.8 Å². The first-order valence-electron chi connectivity index (χ1n) is 3.52. The number of rotatable bonds is 2. The van der Waals surface area contributed by atoms with E-state index in [0.717, 1.165) is 5.57 Å². The molecule has 0 radical (unpaired) electrons. The van der Waals surface area contributed by atoms with Gasteiger partial charge in [-0.2, -0.15) is 0 Å². The average Bonchev–Trinajstić information content (AvgIpc) is 1.88. The van der Waals surface area contributed by atoms with Gasteiger partial charge in [0.2, 0.25) is 0 Å². The molecule has 0 aromatic rings. The van der Waals surface area contributed by atoms with Gasteiger partial charge in [-0.15, -0.1) is 0 Å². The van der Waals surface area contributed by atoms with Crippen molar-refractivity contribution in [3.63, 3.8) is 0 Å². The normalized spacial score (nSPS) is 8.73. The van der Waals surface area contributed by atoms with Crippen molar-refractivity contribution in [1.82, 2.24) is 4.90 Å². The third-order valence-corrected chi connectivity index (χ3v) is 1.38. The fourth-order valence-electron chi connectivity index (χ4n) is 0.746. The first-order valence-corrected chi connectivity index (χ1v) is 3.52. The molecule has 0 heterocycles. The van der Waals surface area contributed by atoms with Crippen LogP contribution in [0.15, 0.2) is 23.8 Å². The highest BCUT2D eigenvalue weighted by molar-refractivity contribution is 5.96. The van der Waals surface area contributed by atoms with Crippen molar-refractivity contribution in [3.05, 3.63) is 23.8 Å². The lowest BCUT2D eigenvalue weighted by molar-refractivity contribution is -0.124. The van der Waals surface area contributed by atoms with Gasteiger partial charge < -0.3 is 4.90 Å². The zero-order valence-corrected chi connectivity index (χ0v) is 7.64. The maximum Gasteiger partial charge on any atom is 0.253 e. The quantitative estimate of drug-likeness (QED) is 0.436. The van der Waals surface area contributed by atoms with Crippen molar-refractivity contribution in [3.8, 4) is 0 Å². The Hall–Kier alpha value is -1.05. The van der Waals surface area contributed by atoms with Crippen LogP contribution in [0.1, 0.15) is 13.8 Å². The molecular formula is C9H15NO. The van der Waals surface area contributed by atoms with Gasteiger partial charge in [0.05, 0.1) is 0 Å². The van der Waals surface area contributed by atoms with E-state index in [4.69, 9.17) is 0 Å². The Balaban J connectivity index is 4.68. The van der Waals surface area contributed by atoms with E-state index in [0.29, 0.717) is 5.57 Å². The Labute approximate surface area is 68.2 Å². The summed E-state index contributed by atoms with van der Waals surface area (Å²) in [5.41, 5.74) is 1.69. The zero-order chi connectivity index (χ0) is 9.02. The number of hydrogen-bond donors (Lipinski definition) is 0. The number of allylic oxidation sites excluding steroid dienone is 1. The van der Waals surface area contributed by atoms with Crippen molar-refractivity contribution in [2.75, 3.05) is 14.1 Å². The standard InChI is InChI=1S/C9H15NO/c1-6-8(7(2)3)9(11)10(4)5/h6H,1H2,2-5H3. The van der Waals surface area contributed by atoms with Crippen LogP contribution in [0, 0.1) is 0 Å². The minimum absolute atomic E-state index is 0.0139. The molecule has 11 heavy (non-hydrogen) atoms. The summed E-state index contributed by atoms with van der Waals surface area (Å²) in [5, 5.41) is 0. The number of likely N-dealkylation sites (N-methyl/N-ethyl adjacent to an activating group) is 1. The summed E-state index contributed by atoms with van der Waals surface area (Å²) in [6.07, 6.45) is 1.59. The van der Waals surface area contributed by atoms with Crippen LogP contribution in [0.5, 0.6) is 0 Å². The molecular weight excluding hydrogens is 138 g/mol. The Bertz CT molecular complexity index is 198.